The molecule has 0 atom stereocenters. The third-order valence-corrected chi connectivity index (χ3v) is 6.83. The second-order valence-corrected chi connectivity index (χ2v) is 8.57. The second kappa shape index (κ2) is 9.07. The number of rotatable bonds is 5. The molecular formula is C25H24N4O3S. The highest BCUT2D eigenvalue weighted by molar-refractivity contribution is 7.17. The van der Waals surface area contributed by atoms with Gasteiger partial charge in [-0.1, -0.05) is 36.4 Å². The zero-order valence-electron chi connectivity index (χ0n) is 18.5. The molecule has 0 N–H and O–H groups in total. The van der Waals surface area contributed by atoms with Crippen LogP contribution in [0.2, 0.25) is 0 Å². The molecule has 8 heteroatoms. The van der Waals surface area contributed by atoms with Crippen LogP contribution in [0, 0.1) is 0 Å². The van der Waals surface area contributed by atoms with E-state index in [0.29, 0.717) is 43.2 Å². The van der Waals surface area contributed by atoms with Crippen LogP contribution in [-0.2, 0) is 0 Å². The van der Waals surface area contributed by atoms with Crippen molar-refractivity contribution in [1.29, 1.82) is 0 Å². The van der Waals surface area contributed by atoms with Crippen LogP contribution >= 0.6 is 11.3 Å². The fourth-order valence-electron chi connectivity index (χ4n) is 4.27. The standard InChI is InChI=1S/C25H24N4O3S/c1-31-19-9-6-10-20(32-2)22(19)25(30)29-13-11-28(12-14-29)23-21-18(17-7-4-3-5-8-17)15-33-24(21)27-16-26-23/h3-10,15-16H,11-14H2,1-2H3. The molecule has 0 unspecified atom stereocenters. The lowest BCUT2D eigenvalue weighted by Crippen LogP contribution is -2.49. The van der Waals surface area contributed by atoms with Crippen LogP contribution in [0.3, 0.4) is 0 Å². The van der Waals surface area contributed by atoms with E-state index in [1.54, 1.807) is 44.0 Å². The molecule has 0 spiro atoms. The van der Waals surface area contributed by atoms with Crippen molar-refractivity contribution in [2.75, 3.05) is 45.3 Å². The summed E-state index contributed by atoms with van der Waals surface area (Å²) < 4.78 is 10.9. The third kappa shape index (κ3) is 3.87. The third-order valence-electron chi connectivity index (χ3n) is 5.94. The fourth-order valence-corrected chi connectivity index (χ4v) is 5.18. The number of methoxy groups -OCH3 is 2. The molecule has 3 heterocycles. The summed E-state index contributed by atoms with van der Waals surface area (Å²) in [5, 5.41) is 3.21. The summed E-state index contributed by atoms with van der Waals surface area (Å²) in [5.74, 6) is 1.87. The topological polar surface area (TPSA) is 67.8 Å². The number of benzene rings is 2. The van der Waals surface area contributed by atoms with Crippen molar-refractivity contribution in [1.82, 2.24) is 14.9 Å². The van der Waals surface area contributed by atoms with Gasteiger partial charge in [-0.15, -0.1) is 11.3 Å². The van der Waals surface area contributed by atoms with Crippen LogP contribution in [0.5, 0.6) is 11.5 Å². The van der Waals surface area contributed by atoms with Gasteiger partial charge in [0.2, 0.25) is 0 Å². The number of ether oxygens (including phenoxy) is 2. The van der Waals surface area contributed by atoms with Gasteiger partial charge in [0.1, 0.15) is 34.0 Å². The van der Waals surface area contributed by atoms with Gasteiger partial charge >= 0.3 is 0 Å². The first-order valence-corrected chi connectivity index (χ1v) is 11.6. The van der Waals surface area contributed by atoms with Gasteiger partial charge in [0.25, 0.3) is 5.91 Å². The molecule has 1 saturated heterocycles. The van der Waals surface area contributed by atoms with E-state index in [1.807, 2.05) is 29.2 Å². The molecule has 1 fully saturated rings. The van der Waals surface area contributed by atoms with Gasteiger partial charge in [-0.05, 0) is 17.7 Å². The Hall–Kier alpha value is -3.65. The molecule has 0 saturated carbocycles. The number of carbonyl (C=O) groups is 1. The molecular weight excluding hydrogens is 436 g/mol. The van der Waals surface area contributed by atoms with Gasteiger partial charge in [-0.3, -0.25) is 4.79 Å². The maximum atomic E-state index is 13.3. The van der Waals surface area contributed by atoms with Crippen molar-refractivity contribution in [2.24, 2.45) is 0 Å². The van der Waals surface area contributed by atoms with Gasteiger partial charge in [-0.25, -0.2) is 9.97 Å². The summed E-state index contributed by atoms with van der Waals surface area (Å²) in [6.07, 6.45) is 1.63. The first kappa shape index (κ1) is 21.2. The number of nitrogens with zero attached hydrogens (tertiary/aromatic N) is 4. The summed E-state index contributed by atoms with van der Waals surface area (Å²) in [7, 11) is 3.13. The van der Waals surface area contributed by atoms with Crippen molar-refractivity contribution in [3.63, 3.8) is 0 Å². The number of anilines is 1. The Morgan fingerprint density at radius 3 is 2.27 bits per heavy atom. The summed E-state index contributed by atoms with van der Waals surface area (Å²) in [6.45, 7) is 2.52. The molecule has 0 bridgehead atoms. The van der Waals surface area contributed by atoms with Gasteiger partial charge in [0.05, 0.1) is 19.6 Å². The Labute approximate surface area is 196 Å². The number of carbonyl (C=O) groups excluding carboxylic acids is 1. The van der Waals surface area contributed by atoms with Gasteiger partial charge in [-0.2, -0.15) is 0 Å². The summed E-state index contributed by atoms with van der Waals surface area (Å²) in [6, 6.07) is 15.7. The molecule has 1 aliphatic heterocycles. The van der Waals surface area contributed by atoms with Crippen molar-refractivity contribution in [2.45, 2.75) is 0 Å². The molecule has 0 radical (unpaired) electrons. The Balaban J connectivity index is 1.41. The molecule has 1 amide bonds. The van der Waals surface area contributed by atoms with E-state index in [4.69, 9.17) is 9.47 Å². The van der Waals surface area contributed by atoms with Crippen LogP contribution in [-0.4, -0.2) is 61.2 Å². The van der Waals surface area contributed by atoms with E-state index in [1.165, 1.54) is 0 Å². The van der Waals surface area contributed by atoms with Crippen LogP contribution in [0.1, 0.15) is 10.4 Å². The minimum atomic E-state index is -0.0858. The predicted octanol–water partition coefficient (Wildman–Crippen LogP) is 4.34. The highest BCUT2D eigenvalue weighted by atomic mass is 32.1. The quantitative estimate of drug-likeness (QED) is 0.441. The monoisotopic (exact) mass is 460 g/mol. The van der Waals surface area contributed by atoms with E-state index in [-0.39, 0.29) is 5.91 Å². The first-order chi connectivity index (χ1) is 16.2. The number of hydrogen-bond donors (Lipinski definition) is 0. The van der Waals surface area contributed by atoms with Crippen LogP contribution in [0.4, 0.5) is 5.82 Å². The zero-order chi connectivity index (χ0) is 22.8. The van der Waals surface area contributed by atoms with Gasteiger partial charge in [0, 0.05) is 37.1 Å². The average Bonchev–Trinajstić information content (AvgIpc) is 3.33. The Morgan fingerprint density at radius 2 is 1.61 bits per heavy atom. The van der Waals surface area contributed by atoms with E-state index in [0.717, 1.165) is 27.2 Å². The molecule has 2 aromatic carbocycles. The normalized spacial score (nSPS) is 13.9. The maximum absolute atomic E-state index is 13.3. The number of piperazine rings is 1. The van der Waals surface area contributed by atoms with E-state index >= 15 is 0 Å². The fraction of sp³-hybridized carbons (Fsp3) is 0.240. The van der Waals surface area contributed by atoms with Crippen LogP contribution < -0.4 is 14.4 Å². The Kier molecular flexibility index (Phi) is 5.83. The molecule has 33 heavy (non-hydrogen) atoms. The lowest BCUT2D eigenvalue weighted by atomic mass is 10.1. The highest BCUT2D eigenvalue weighted by Gasteiger charge is 2.28. The number of aromatic nitrogens is 2. The zero-order valence-corrected chi connectivity index (χ0v) is 19.3. The smallest absolute Gasteiger partial charge is 0.261 e. The Bertz CT molecular complexity index is 1260. The number of thiophene rings is 1. The lowest BCUT2D eigenvalue weighted by Gasteiger charge is -2.36. The van der Waals surface area contributed by atoms with Gasteiger partial charge in [0.15, 0.2) is 0 Å². The number of hydrogen-bond acceptors (Lipinski definition) is 7. The first-order valence-electron chi connectivity index (χ1n) is 10.7. The molecule has 4 aromatic rings. The minimum Gasteiger partial charge on any atom is -0.496 e. The Morgan fingerprint density at radius 1 is 0.909 bits per heavy atom. The van der Waals surface area contributed by atoms with Gasteiger partial charge < -0.3 is 19.3 Å². The molecule has 1 aliphatic rings. The highest BCUT2D eigenvalue weighted by Crippen LogP contribution is 2.38. The summed E-state index contributed by atoms with van der Waals surface area (Å²) in [5.41, 5.74) is 2.75. The molecule has 5 rings (SSSR count). The van der Waals surface area contributed by atoms with Crippen LogP contribution in [0.25, 0.3) is 21.3 Å². The van der Waals surface area contributed by atoms with Crippen molar-refractivity contribution < 1.29 is 14.3 Å². The van der Waals surface area contributed by atoms with E-state index in [9.17, 15) is 4.79 Å². The van der Waals surface area contributed by atoms with Crippen molar-refractivity contribution in [3.8, 4) is 22.6 Å². The molecule has 0 aliphatic carbocycles. The second-order valence-electron chi connectivity index (χ2n) is 7.71. The van der Waals surface area contributed by atoms with E-state index in [2.05, 4.69) is 32.4 Å². The minimum absolute atomic E-state index is 0.0858. The van der Waals surface area contributed by atoms with Crippen molar-refractivity contribution >= 4 is 33.3 Å². The van der Waals surface area contributed by atoms with E-state index < -0.39 is 0 Å². The average molecular weight is 461 g/mol. The summed E-state index contributed by atoms with van der Waals surface area (Å²) in [4.78, 5) is 27.5. The molecule has 2 aromatic heterocycles. The predicted molar refractivity (Wildman–Crippen MR) is 131 cm³/mol. The number of amides is 1. The lowest BCUT2D eigenvalue weighted by molar-refractivity contribution is 0.0739. The van der Waals surface area contributed by atoms with Crippen molar-refractivity contribution in [3.05, 3.63) is 65.8 Å². The largest absolute Gasteiger partial charge is 0.496 e. The SMILES string of the molecule is COc1cccc(OC)c1C(=O)N1CCN(c2ncnc3scc(-c4ccccc4)c23)CC1. The molecule has 7 nitrogen and oxygen atoms in total. The summed E-state index contributed by atoms with van der Waals surface area (Å²) >= 11 is 1.63. The van der Waals surface area contributed by atoms with Crippen LogP contribution in [0.15, 0.2) is 60.2 Å². The number of fused-ring (bicyclic) bond motifs is 1. The molecule has 168 valence electrons. The maximum Gasteiger partial charge on any atom is 0.261 e.